The Kier molecular flexibility index (Phi) is 5.95. The van der Waals surface area contributed by atoms with E-state index in [-0.39, 0.29) is 23.6 Å². The van der Waals surface area contributed by atoms with Gasteiger partial charge in [-0.15, -0.1) is 0 Å². The van der Waals surface area contributed by atoms with E-state index in [2.05, 4.69) is 5.32 Å². The Balaban J connectivity index is 1.86. The van der Waals surface area contributed by atoms with E-state index in [0.29, 0.717) is 41.5 Å². The number of aromatic hydroxyl groups is 1. The van der Waals surface area contributed by atoms with Crippen LogP contribution in [0.15, 0.2) is 12.1 Å². The lowest BCUT2D eigenvalue weighted by atomic mass is 9.84. The van der Waals surface area contributed by atoms with Gasteiger partial charge in [-0.1, -0.05) is 23.2 Å². The molecule has 26 heavy (non-hydrogen) atoms. The molecule has 0 spiro atoms. The van der Waals surface area contributed by atoms with Gasteiger partial charge in [-0.2, -0.15) is 0 Å². The minimum Gasteiger partial charge on any atom is -0.508 e. The second kappa shape index (κ2) is 8.03. The molecular weight excluding hydrogens is 377 g/mol. The van der Waals surface area contributed by atoms with Crippen molar-refractivity contribution in [2.24, 2.45) is 0 Å². The van der Waals surface area contributed by atoms with E-state index in [1.165, 1.54) is 6.07 Å². The first kappa shape index (κ1) is 19.3. The molecule has 2 atom stereocenters. The van der Waals surface area contributed by atoms with Crippen LogP contribution in [0.5, 0.6) is 5.75 Å². The molecule has 0 aromatic heterocycles. The Bertz CT molecular complexity index is 697. The van der Waals surface area contributed by atoms with Crippen LogP contribution < -0.4 is 5.32 Å². The predicted octanol–water partition coefficient (Wildman–Crippen LogP) is 2.22. The highest BCUT2D eigenvalue weighted by atomic mass is 35.5. The second-order valence-electron chi connectivity index (χ2n) is 6.81. The number of benzene rings is 1. The smallest absolute Gasteiger partial charge is 0.245 e. The maximum Gasteiger partial charge on any atom is 0.245 e. The minimum atomic E-state index is -0.554. The predicted molar refractivity (Wildman–Crippen MR) is 101 cm³/mol. The quantitative estimate of drug-likeness (QED) is 0.744. The van der Waals surface area contributed by atoms with Crippen LogP contribution in [0.25, 0.3) is 0 Å². The van der Waals surface area contributed by atoms with E-state index in [1.807, 2.05) is 11.8 Å². The van der Waals surface area contributed by atoms with Gasteiger partial charge in [0.15, 0.2) is 0 Å². The summed E-state index contributed by atoms with van der Waals surface area (Å²) in [4.78, 5) is 28.0. The first-order valence-electron chi connectivity index (χ1n) is 8.87. The van der Waals surface area contributed by atoms with Crippen molar-refractivity contribution in [3.05, 3.63) is 27.7 Å². The largest absolute Gasteiger partial charge is 0.508 e. The average Bonchev–Trinajstić information content (AvgIpc) is 2.60. The molecule has 1 aromatic carbocycles. The van der Waals surface area contributed by atoms with Crippen molar-refractivity contribution in [3.8, 4) is 5.75 Å². The lowest BCUT2D eigenvalue weighted by Crippen LogP contribution is -2.62. The summed E-state index contributed by atoms with van der Waals surface area (Å²) in [6.45, 7) is 4.53. The van der Waals surface area contributed by atoms with Crippen LogP contribution in [-0.4, -0.2) is 65.5 Å². The number of likely N-dealkylation sites (N-methyl/N-ethyl adjacent to an activating group) is 1. The van der Waals surface area contributed by atoms with Crippen molar-refractivity contribution in [1.29, 1.82) is 0 Å². The Hall–Kier alpha value is -1.50. The van der Waals surface area contributed by atoms with E-state index < -0.39 is 6.04 Å². The first-order valence-corrected chi connectivity index (χ1v) is 9.62. The summed E-state index contributed by atoms with van der Waals surface area (Å²) in [6, 6.07) is 2.69. The van der Waals surface area contributed by atoms with Crippen molar-refractivity contribution < 1.29 is 14.7 Å². The summed E-state index contributed by atoms with van der Waals surface area (Å²) in [5, 5.41) is 14.1. The Labute approximate surface area is 163 Å². The molecule has 0 aliphatic carbocycles. The monoisotopic (exact) mass is 399 g/mol. The molecule has 0 radical (unpaired) electrons. The van der Waals surface area contributed by atoms with Gasteiger partial charge in [0.25, 0.3) is 0 Å². The van der Waals surface area contributed by atoms with Crippen molar-refractivity contribution >= 4 is 35.5 Å². The Morgan fingerprint density at radius 2 is 2.15 bits per heavy atom. The van der Waals surface area contributed by atoms with Crippen molar-refractivity contribution in [3.63, 3.8) is 0 Å². The van der Waals surface area contributed by atoms with Gasteiger partial charge in [-0.3, -0.25) is 9.59 Å². The Morgan fingerprint density at radius 1 is 1.42 bits per heavy atom. The van der Waals surface area contributed by atoms with Gasteiger partial charge >= 0.3 is 0 Å². The van der Waals surface area contributed by atoms with Crippen LogP contribution in [0.3, 0.4) is 0 Å². The summed E-state index contributed by atoms with van der Waals surface area (Å²) < 4.78 is 0. The number of nitrogens with zero attached hydrogens (tertiary/aromatic N) is 2. The third-order valence-electron chi connectivity index (χ3n) is 5.41. The molecule has 2 aliphatic heterocycles. The summed E-state index contributed by atoms with van der Waals surface area (Å²) in [6.07, 6.45) is 1.78. The standard InChI is InChI=1S/C18H23Cl2N3O3/c1-2-23(12-8-21-9-12)18(26)14-7-11(5-6-22(14)10-24)16-15(25)4-3-13(19)17(16)20/h3-4,10-12,14,21,25H,2,5-9H2,1H3. The summed E-state index contributed by atoms with van der Waals surface area (Å²) >= 11 is 12.4. The molecule has 0 saturated carbocycles. The topological polar surface area (TPSA) is 72.9 Å². The highest BCUT2D eigenvalue weighted by molar-refractivity contribution is 6.42. The minimum absolute atomic E-state index is 0.0477. The van der Waals surface area contributed by atoms with Gasteiger partial charge in [-0.25, -0.2) is 0 Å². The van der Waals surface area contributed by atoms with Gasteiger partial charge in [-0.05, 0) is 37.8 Å². The zero-order chi connectivity index (χ0) is 18.8. The number of carbonyl (C=O) groups is 2. The first-order chi connectivity index (χ1) is 12.5. The van der Waals surface area contributed by atoms with Crippen LogP contribution in [-0.2, 0) is 9.59 Å². The molecule has 6 nitrogen and oxygen atoms in total. The molecule has 2 amide bonds. The number of halogens is 2. The fraction of sp³-hybridized carbons (Fsp3) is 0.556. The second-order valence-corrected chi connectivity index (χ2v) is 7.60. The number of hydrogen-bond acceptors (Lipinski definition) is 4. The molecule has 2 N–H and O–H groups in total. The van der Waals surface area contributed by atoms with E-state index in [0.717, 1.165) is 19.5 Å². The highest BCUT2D eigenvalue weighted by Crippen LogP contribution is 2.43. The van der Waals surface area contributed by atoms with E-state index in [9.17, 15) is 14.7 Å². The lowest BCUT2D eigenvalue weighted by Gasteiger charge is -2.43. The van der Waals surface area contributed by atoms with Gasteiger partial charge in [0.2, 0.25) is 12.3 Å². The summed E-state index contributed by atoms with van der Waals surface area (Å²) in [5.74, 6) is -0.108. The normalized spacial score (nSPS) is 23.4. The maximum atomic E-state index is 13.1. The molecule has 3 rings (SSSR count). The van der Waals surface area contributed by atoms with E-state index in [4.69, 9.17) is 23.2 Å². The van der Waals surface area contributed by atoms with Gasteiger partial charge in [0.1, 0.15) is 11.8 Å². The fourth-order valence-electron chi connectivity index (χ4n) is 3.84. The summed E-state index contributed by atoms with van der Waals surface area (Å²) in [7, 11) is 0. The zero-order valence-corrected chi connectivity index (χ0v) is 16.1. The number of carbonyl (C=O) groups excluding carboxylic acids is 2. The molecule has 0 bridgehead atoms. The summed E-state index contributed by atoms with van der Waals surface area (Å²) in [5.41, 5.74) is 0.566. The van der Waals surface area contributed by atoms with Crippen LogP contribution in [0, 0.1) is 0 Å². The fourth-order valence-corrected chi connectivity index (χ4v) is 4.32. The molecular formula is C18H23Cl2N3O3. The number of nitrogens with one attached hydrogen (secondary N) is 1. The van der Waals surface area contributed by atoms with Gasteiger partial charge in [0.05, 0.1) is 16.1 Å². The number of phenolic OH excluding ortho intramolecular Hbond substituents is 1. The van der Waals surface area contributed by atoms with Crippen molar-refractivity contribution in [2.45, 2.75) is 37.8 Å². The van der Waals surface area contributed by atoms with E-state index >= 15 is 0 Å². The molecule has 8 heteroatoms. The number of amides is 2. The molecule has 2 saturated heterocycles. The van der Waals surface area contributed by atoms with E-state index in [1.54, 1.807) is 11.0 Å². The SMILES string of the molecule is CCN(C(=O)C1CC(c2c(O)ccc(Cl)c2Cl)CCN1C=O)C1CNC1. The zero-order valence-electron chi connectivity index (χ0n) is 14.6. The molecule has 2 aliphatic rings. The third-order valence-corrected chi connectivity index (χ3v) is 6.23. The highest BCUT2D eigenvalue weighted by Gasteiger charge is 2.39. The number of hydrogen-bond donors (Lipinski definition) is 2. The number of piperidine rings is 1. The van der Waals surface area contributed by atoms with Gasteiger partial charge in [0, 0.05) is 31.7 Å². The number of rotatable bonds is 5. The van der Waals surface area contributed by atoms with Crippen LogP contribution >= 0.6 is 23.2 Å². The van der Waals surface area contributed by atoms with Crippen LogP contribution in [0.2, 0.25) is 10.0 Å². The number of likely N-dealkylation sites (tertiary alicyclic amines) is 1. The van der Waals surface area contributed by atoms with Crippen LogP contribution in [0.1, 0.15) is 31.2 Å². The molecule has 2 heterocycles. The lowest BCUT2D eigenvalue weighted by molar-refractivity contribution is -0.145. The van der Waals surface area contributed by atoms with Crippen LogP contribution in [0.4, 0.5) is 0 Å². The Morgan fingerprint density at radius 3 is 2.73 bits per heavy atom. The third kappa shape index (κ3) is 3.50. The van der Waals surface area contributed by atoms with Crippen molar-refractivity contribution in [1.82, 2.24) is 15.1 Å². The number of phenols is 1. The average molecular weight is 400 g/mol. The van der Waals surface area contributed by atoms with Crippen molar-refractivity contribution in [2.75, 3.05) is 26.2 Å². The molecule has 142 valence electrons. The maximum absolute atomic E-state index is 13.1. The molecule has 2 unspecified atom stereocenters. The molecule has 2 fully saturated rings. The molecule has 1 aromatic rings. The van der Waals surface area contributed by atoms with Gasteiger partial charge < -0.3 is 20.2 Å².